The molecule has 56 valence electrons. The van der Waals surface area contributed by atoms with Crippen LogP contribution in [0.25, 0.3) is 0 Å². The molecule has 0 aromatic carbocycles. The molecule has 0 spiro atoms. The Kier molecular flexibility index (Phi) is 5.39. The van der Waals surface area contributed by atoms with Gasteiger partial charge in [0.15, 0.2) is 0 Å². The summed E-state index contributed by atoms with van der Waals surface area (Å²) in [5.41, 5.74) is 0. The summed E-state index contributed by atoms with van der Waals surface area (Å²) in [5.74, 6) is 0. The summed E-state index contributed by atoms with van der Waals surface area (Å²) in [6.07, 6.45) is -0.384. The molecule has 0 saturated carbocycles. The zero-order valence-electron chi connectivity index (χ0n) is 5.73. The summed E-state index contributed by atoms with van der Waals surface area (Å²) in [6.45, 7) is 1.51. The molecule has 0 radical (unpaired) electrons. The lowest BCUT2D eigenvalue weighted by Gasteiger charge is -2.14. The van der Waals surface area contributed by atoms with Gasteiger partial charge in [0.1, 0.15) is 6.17 Å². The molecule has 0 aliphatic rings. The second kappa shape index (κ2) is 5.18. The van der Waals surface area contributed by atoms with Gasteiger partial charge in [-0.3, -0.25) is 0 Å². The number of hydrogen-bond acceptors (Lipinski definition) is 1. The molecule has 0 aliphatic heterocycles. The lowest BCUT2D eigenvalue weighted by molar-refractivity contribution is 0.0387. The minimum Gasteiger partial charge on any atom is -0.378 e. The first kappa shape index (κ1) is 9.37. The van der Waals surface area contributed by atoms with Crippen molar-refractivity contribution < 1.29 is 9.13 Å². The lowest BCUT2D eigenvalue weighted by Crippen LogP contribution is -2.21. The smallest absolute Gasteiger partial charge is 0.123 e. The predicted molar refractivity (Wildman–Crippen MR) is 39.8 cm³/mol. The summed E-state index contributed by atoms with van der Waals surface area (Å²) in [6, 6.07) is 0. The highest BCUT2D eigenvalue weighted by atomic mass is 79.9. The van der Waals surface area contributed by atoms with Gasteiger partial charge in [-0.25, -0.2) is 4.39 Å². The Morgan fingerprint density at radius 3 is 2.33 bits per heavy atom. The third-order valence-corrected chi connectivity index (χ3v) is 1.67. The lowest BCUT2D eigenvalue weighted by atomic mass is 10.2. The van der Waals surface area contributed by atoms with E-state index < -0.39 is 6.17 Å². The fourth-order valence-corrected chi connectivity index (χ4v) is 1.09. The molecule has 0 amide bonds. The van der Waals surface area contributed by atoms with E-state index in [4.69, 9.17) is 4.74 Å². The summed E-state index contributed by atoms with van der Waals surface area (Å²) in [4.78, 5) is 0. The fraction of sp³-hybridized carbons (Fsp3) is 1.00. The first-order chi connectivity index (χ1) is 4.22. The van der Waals surface area contributed by atoms with Crippen molar-refractivity contribution in [1.82, 2.24) is 0 Å². The number of methoxy groups -OCH3 is 1. The second-order valence-corrected chi connectivity index (χ2v) is 2.72. The average Bonchev–Trinajstić information content (AvgIpc) is 1.82. The van der Waals surface area contributed by atoms with Gasteiger partial charge in [-0.2, -0.15) is 0 Å². The van der Waals surface area contributed by atoms with Crippen LogP contribution in [0.1, 0.15) is 13.3 Å². The Hall–Kier alpha value is 0.370. The normalized spacial score (nSPS) is 17.3. The monoisotopic (exact) mass is 198 g/mol. The topological polar surface area (TPSA) is 9.23 Å². The standard InChI is InChI=1S/C6H12BrFO/c1-5(8)6(9-2)3-4-7/h5-6H,3-4H2,1-2H3. The SMILES string of the molecule is COC(CCBr)C(C)F. The highest BCUT2D eigenvalue weighted by molar-refractivity contribution is 9.09. The predicted octanol–water partition coefficient (Wildman–Crippen LogP) is 2.14. The van der Waals surface area contributed by atoms with Gasteiger partial charge in [-0.1, -0.05) is 15.9 Å². The van der Waals surface area contributed by atoms with Gasteiger partial charge in [-0.15, -0.1) is 0 Å². The van der Waals surface area contributed by atoms with Crippen LogP contribution in [0.4, 0.5) is 4.39 Å². The van der Waals surface area contributed by atoms with Crippen molar-refractivity contribution in [3.05, 3.63) is 0 Å². The third-order valence-electron chi connectivity index (χ3n) is 1.21. The average molecular weight is 199 g/mol. The first-order valence-electron chi connectivity index (χ1n) is 2.95. The molecule has 0 bridgehead atoms. The molecule has 2 unspecified atom stereocenters. The number of rotatable bonds is 4. The second-order valence-electron chi connectivity index (χ2n) is 1.93. The van der Waals surface area contributed by atoms with E-state index in [0.717, 1.165) is 11.8 Å². The summed E-state index contributed by atoms with van der Waals surface area (Å²) in [5, 5.41) is 0.791. The summed E-state index contributed by atoms with van der Waals surface area (Å²) >= 11 is 3.21. The molecular weight excluding hydrogens is 187 g/mol. The van der Waals surface area contributed by atoms with Crippen LogP contribution in [-0.4, -0.2) is 24.7 Å². The van der Waals surface area contributed by atoms with Crippen molar-refractivity contribution in [3.63, 3.8) is 0 Å². The van der Waals surface area contributed by atoms with E-state index in [-0.39, 0.29) is 6.10 Å². The Morgan fingerprint density at radius 1 is 1.67 bits per heavy atom. The molecule has 0 aliphatic carbocycles. The maximum Gasteiger partial charge on any atom is 0.123 e. The fourth-order valence-electron chi connectivity index (χ4n) is 0.643. The molecule has 1 nitrogen and oxygen atoms in total. The van der Waals surface area contributed by atoms with Crippen molar-refractivity contribution in [2.45, 2.75) is 25.6 Å². The van der Waals surface area contributed by atoms with E-state index in [1.54, 1.807) is 0 Å². The van der Waals surface area contributed by atoms with Crippen LogP contribution in [0.3, 0.4) is 0 Å². The van der Waals surface area contributed by atoms with Crippen LogP contribution in [0.2, 0.25) is 0 Å². The Labute approximate surface area is 63.7 Å². The molecule has 9 heavy (non-hydrogen) atoms. The molecule has 0 heterocycles. The molecule has 3 heteroatoms. The molecule has 0 N–H and O–H groups in total. The van der Waals surface area contributed by atoms with E-state index in [1.807, 2.05) is 0 Å². The van der Waals surface area contributed by atoms with Crippen molar-refractivity contribution in [2.24, 2.45) is 0 Å². The largest absolute Gasteiger partial charge is 0.378 e. The number of alkyl halides is 2. The van der Waals surface area contributed by atoms with E-state index in [9.17, 15) is 4.39 Å². The Bertz CT molecular complexity index is 68.1. The van der Waals surface area contributed by atoms with Crippen LogP contribution < -0.4 is 0 Å². The Morgan fingerprint density at radius 2 is 2.22 bits per heavy atom. The van der Waals surface area contributed by atoms with E-state index in [1.165, 1.54) is 14.0 Å². The minimum atomic E-state index is -0.868. The summed E-state index contributed by atoms with van der Waals surface area (Å²) < 4.78 is 17.3. The van der Waals surface area contributed by atoms with Crippen LogP contribution in [0.5, 0.6) is 0 Å². The molecule has 0 fully saturated rings. The zero-order valence-corrected chi connectivity index (χ0v) is 7.32. The van der Waals surface area contributed by atoms with Gasteiger partial charge in [0.05, 0.1) is 6.10 Å². The van der Waals surface area contributed by atoms with E-state index in [2.05, 4.69) is 15.9 Å². The van der Waals surface area contributed by atoms with Gasteiger partial charge in [0, 0.05) is 12.4 Å². The van der Waals surface area contributed by atoms with Crippen molar-refractivity contribution >= 4 is 15.9 Å². The van der Waals surface area contributed by atoms with Gasteiger partial charge in [0.2, 0.25) is 0 Å². The number of ether oxygens (including phenoxy) is 1. The molecule has 0 rings (SSSR count). The van der Waals surface area contributed by atoms with Crippen molar-refractivity contribution in [3.8, 4) is 0 Å². The third kappa shape index (κ3) is 3.87. The van der Waals surface area contributed by atoms with Gasteiger partial charge in [-0.05, 0) is 13.3 Å². The number of halogens is 2. The zero-order chi connectivity index (χ0) is 7.28. The van der Waals surface area contributed by atoms with Crippen LogP contribution in [-0.2, 0) is 4.74 Å². The molecule has 0 aromatic rings. The van der Waals surface area contributed by atoms with Crippen molar-refractivity contribution in [1.29, 1.82) is 0 Å². The minimum absolute atomic E-state index is 0.246. The van der Waals surface area contributed by atoms with E-state index in [0.29, 0.717) is 0 Å². The van der Waals surface area contributed by atoms with Crippen LogP contribution in [0, 0.1) is 0 Å². The number of hydrogen-bond donors (Lipinski definition) is 0. The summed E-state index contributed by atoms with van der Waals surface area (Å²) in [7, 11) is 1.53. The molecule has 0 saturated heterocycles. The molecule has 2 atom stereocenters. The van der Waals surface area contributed by atoms with Gasteiger partial charge < -0.3 is 4.74 Å². The van der Waals surface area contributed by atoms with Gasteiger partial charge >= 0.3 is 0 Å². The molecule has 0 aromatic heterocycles. The quantitative estimate of drug-likeness (QED) is 0.630. The van der Waals surface area contributed by atoms with E-state index >= 15 is 0 Å². The Balaban J connectivity index is 3.41. The van der Waals surface area contributed by atoms with Crippen LogP contribution >= 0.6 is 15.9 Å². The van der Waals surface area contributed by atoms with Crippen LogP contribution in [0.15, 0.2) is 0 Å². The first-order valence-corrected chi connectivity index (χ1v) is 4.07. The van der Waals surface area contributed by atoms with Crippen molar-refractivity contribution in [2.75, 3.05) is 12.4 Å². The molecular formula is C6H12BrFO. The maximum atomic E-state index is 12.4. The maximum absolute atomic E-state index is 12.4. The highest BCUT2D eigenvalue weighted by Crippen LogP contribution is 2.07. The van der Waals surface area contributed by atoms with Gasteiger partial charge in [0.25, 0.3) is 0 Å². The highest BCUT2D eigenvalue weighted by Gasteiger charge is 2.13.